The molecule has 1 atom stereocenters. The van der Waals surface area contributed by atoms with Crippen LogP contribution in [0.1, 0.15) is 21.5 Å². The van der Waals surface area contributed by atoms with Gasteiger partial charge in [0.2, 0.25) is 0 Å². The average Bonchev–Trinajstić information content (AvgIpc) is 3.22. The number of nitrogens with two attached hydrogens (primary N) is 2. The first-order valence-electron chi connectivity index (χ1n) is 10.2. The summed E-state index contributed by atoms with van der Waals surface area (Å²) in [6, 6.07) is 20.9. The minimum absolute atomic E-state index is 0.120. The molecule has 0 spiro atoms. The van der Waals surface area contributed by atoms with E-state index in [0.717, 1.165) is 22.0 Å². The quantitative estimate of drug-likeness (QED) is 0.265. The summed E-state index contributed by atoms with van der Waals surface area (Å²) in [6.07, 6.45) is 2.11. The molecule has 0 aliphatic rings. The minimum Gasteiger partial charge on any atom is -0.459 e. The normalized spacial score (nSPS) is 11.8. The molecule has 7 heteroatoms. The van der Waals surface area contributed by atoms with Crippen molar-refractivity contribution in [3.8, 4) is 0 Å². The number of aromatic nitrogens is 1. The molecular formula is C25H24N4O3. The van der Waals surface area contributed by atoms with Gasteiger partial charge in [-0.15, -0.1) is 0 Å². The molecular weight excluding hydrogens is 404 g/mol. The maximum Gasteiger partial charge on any atom is 0.329 e. The zero-order valence-electron chi connectivity index (χ0n) is 17.4. The smallest absolute Gasteiger partial charge is 0.329 e. The lowest BCUT2D eigenvalue weighted by molar-refractivity contribution is -0.147. The molecule has 0 fully saturated rings. The number of hydrogen-bond acceptors (Lipinski definition) is 5. The number of ether oxygens (including phenoxy) is 1. The highest BCUT2D eigenvalue weighted by Gasteiger charge is 2.25. The van der Waals surface area contributed by atoms with E-state index in [1.54, 1.807) is 12.1 Å². The van der Waals surface area contributed by atoms with Crippen LogP contribution in [-0.2, 0) is 22.6 Å². The first-order chi connectivity index (χ1) is 15.5. The molecule has 4 rings (SSSR count). The van der Waals surface area contributed by atoms with Gasteiger partial charge in [-0.25, -0.2) is 4.79 Å². The van der Waals surface area contributed by atoms with Crippen molar-refractivity contribution in [3.63, 3.8) is 0 Å². The molecule has 0 saturated heterocycles. The number of benzene rings is 3. The monoisotopic (exact) mass is 428 g/mol. The van der Waals surface area contributed by atoms with Crippen LogP contribution < -0.4 is 16.8 Å². The lowest BCUT2D eigenvalue weighted by atomic mass is 10.0. The number of anilines is 2. The summed E-state index contributed by atoms with van der Waals surface area (Å²) in [7, 11) is 0. The van der Waals surface area contributed by atoms with E-state index in [2.05, 4.69) is 10.3 Å². The standard InChI is InChI=1S/C25H24N4O3/c26-20-11-10-17(12-21(20)27)24(30)29-23(25(31)32-15-16-6-2-1-3-7-16)13-18-14-28-22-9-5-4-8-19(18)22/h1-12,14,23,28H,13,15,26-27H2,(H,29,30)/t23-/m0/s1. The molecule has 162 valence electrons. The van der Waals surface area contributed by atoms with Gasteiger partial charge in [-0.3, -0.25) is 4.79 Å². The lowest BCUT2D eigenvalue weighted by Crippen LogP contribution is -2.43. The molecule has 0 unspecified atom stereocenters. The van der Waals surface area contributed by atoms with Gasteiger partial charge in [0, 0.05) is 29.1 Å². The predicted octanol–water partition coefficient (Wildman–Crippen LogP) is 3.42. The molecule has 0 aliphatic heterocycles. The number of nitrogens with one attached hydrogen (secondary N) is 2. The molecule has 0 saturated carbocycles. The van der Waals surface area contributed by atoms with E-state index in [1.807, 2.05) is 60.8 Å². The van der Waals surface area contributed by atoms with Crippen LogP contribution in [0.2, 0.25) is 0 Å². The maximum atomic E-state index is 13.0. The number of para-hydroxylation sites is 1. The molecule has 3 aromatic carbocycles. The van der Waals surface area contributed by atoms with Crippen LogP contribution >= 0.6 is 0 Å². The molecule has 32 heavy (non-hydrogen) atoms. The fourth-order valence-corrected chi connectivity index (χ4v) is 3.50. The summed E-state index contributed by atoms with van der Waals surface area (Å²) < 4.78 is 5.52. The number of nitrogen functional groups attached to an aromatic ring is 2. The molecule has 1 amide bonds. The molecule has 1 heterocycles. The zero-order valence-corrected chi connectivity index (χ0v) is 17.4. The number of amides is 1. The number of carbonyl (C=O) groups is 2. The van der Waals surface area contributed by atoms with Crippen LogP contribution in [0.4, 0.5) is 11.4 Å². The lowest BCUT2D eigenvalue weighted by Gasteiger charge is -2.18. The number of hydrogen-bond donors (Lipinski definition) is 4. The highest BCUT2D eigenvalue weighted by molar-refractivity contribution is 5.98. The van der Waals surface area contributed by atoms with Crippen molar-refractivity contribution < 1.29 is 14.3 Å². The van der Waals surface area contributed by atoms with Crippen LogP contribution in [0.25, 0.3) is 10.9 Å². The van der Waals surface area contributed by atoms with Gasteiger partial charge in [0.25, 0.3) is 5.91 Å². The van der Waals surface area contributed by atoms with Crippen LogP contribution in [0.5, 0.6) is 0 Å². The van der Waals surface area contributed by atoms with Gasteiger partial charge in [-0.2, -0.15) is 0 Å². The Morgan fingerprint density at radius 1 is 0.938 bits per heavy atom. The van der Waals surface area contributed by atoms with Gasteiger partial charge >= 0.3 is 5.97 Å². The third-order valence-electron chi connectivity index (χ3n) is 5.26. The van der Waals surface area contributed by atoms with Crippen molar-refractivity contribution in [1.82, 2.24) is 10.3 Å². The first-order valence-corrected chi connectivity index (χ1v) is 10.2. The number of esters is 1. The Morgan fingerprint density at radius 3 is 2.47 bits per heavy atom. The molecule has 6 N–H and O–H groups in total. The summed E-state index contributed by atoms with van der Waals surface area (Å²) in [6.45, 7) is 0.120. The van der Waals surface area contributed by atoms with Crippen LogP contribution in [-0.4, -0.2) is 22.9 Å². The third-order valence-corrected chi connectivity index (χ3v) is 5.26. The van der Waals surface area contributed by atoms with Crippen molar-refractivity contribution >= 4 is 34.2 Å². The number of fused-ring (bicyclic) bond motifs is 1. The highest BCUT2D eigenvalue weighted by Crippen LogP contribution is 2.20. The molecule has 0 bridgehead atoms. The van der Waals surface area contributed by atoms with E-state index < -0.39 is 17.9 Å². The second-order valence-electron chi connectivity index (χ2n) is 7.53. The molecule has 1 aromatic heterocycles. The minimum atomic E-state index is -0.885. The molecule has 0 aliphatic carbocycles. The van der Waals surface area contributed by atoms with Crippen LogP contribution in [0, 0.1) is 0 Å². The highest BCUT2D eigenvalue weighted by atomic mass is 16.5. The molecule has 7 nitrogen and oxygen atoms in total. The van der Waals surface area contributed by atoms with Gasteiger partial charge in [0.1, 0.15) is 12.6 Å². The second kappa shape index (κ2) is 9.26. The Bertz CT molecular complexity index is 1250. The molecule has 4 aromatic rings. The SMILES string of the molecule is Nc1ccc(C(=O)N[C@@H](Cc2c[nH]c3ccccc23)C(=O)OCc2ccccc2)cc1N. The number of rotatable bonds is 7. The number of H-pyrrole nitrogens is 1. The summed E-state index contributed by atoms with van der Waals surface area (Å²) in [4.78, 5) is 29.0. The van der Waals surface area contributed by atoms with Crippen LogP contribution in [0.15, 0.2) is 79.0 Å². The van der Waals surface area contributed by atoms with Gasteiger partial charge in [0.15, 0.2) is 0 Å². The van der Waals surface area contributed by atoms with Crippen molar-refractivity contribution in [2.24, 2.45) is 0 Å². The van der Waals surface area contributed by atoms with Crippen molar-refractivity contribution in [3.05, 3.63) is 95.7 Å². The van der Waals surface area contributed by atoms with Gasteiger partial charge < -0.3 is 26.5 Å². The largest absolute Gasteiger partial charge is 0.459 e. The Morgan fingerprint density at radius 2 is 1.69 bits per heavy atom. The van der Waals surface area contributed by atoms with Gasteiger partial charge in [0.05, 0.1) is 11.4 Å². The van der Waals surface area contributed by atoms with E-state index in [-0.39, 0.29) is 13.0 Å². The Hall–Kier alpha value is -4.26. The fourth-order valence-electron chi connectivity index (χ4n) is 3.50. The van der Waals surface area contributed by atoms with Gasteiger partial charge in [-0.05, 0) is 35.4 Å². The topological polar surface area (TPSA) is 123 Å². The van der Waals surface area contributed by atoms with E-state index in [9.17, 15) is 9.59 Å². The van der Waals surface area contributed by atoms with Crippen molar-refractivity contribution in [1.29, 1.82) is 0 Å². The Balaban J connectivity index is 1.55. The van der Waals surface area contributed by atoms with Crippen LogP contribution in [0.3, 0.4) is 0 Å². The van der Waals surface area contributed by atoms with E-state index in [4.69, 9.17) is 16.2 Å². The number of aromatic amines is 1. The second-order valence-corrected chi connectivity index (χ2v) is 7.53. The third kappa shape index (κ3) is 4.73. The number of carbonyl (C=O) groups excluding carboxylic acids is 2. The Labute approximate surface area is 185 Å². The Kier molecular flexibility index (Phi) is 6.07. The summed E-state index contributed by atoms with van der Waals surface area (Å²) in [5.41, 5.74) is 15.3. The van der Waals surface area contributed by atoms with E-state index in [1.165, 1.54) is 6.07 Å². The van der Waals surface area contributed by atoms with E-state index >= 15 is 0 Å². The van der Waals surface area contributed by atoms with Gasteiger partial charge in [-0.1, -0.05) is 48.5 Å². The summed E-state index contributed by atoms with van der Waals surface area (Å²) in [5, 5.41) is 3.78. The zero-order chi connectivity index (χ0) is 22.5. The predicted molar refractivity (Wildman–Crippen MR) is 125 cm³/mol. The fraction of sp³-hybridized carbons (Fsp3) is 0.120. The molecule has 0 radical (unpaired) electrons. The summed E-state index contributed by atoms with van der Waals surface area (Å²) in [5.74, 6) is -0.950. The van der Waals surface area contributed by atoms with E-state index in [0.29, 0.717) is 16.9 Å². The summed E-state index contributed by atoms with van der Waals surface area (Å²) >= 11 is 0. The first kappa shape index (κ1) is 21.0. The van der Waals surface area contributed by atoms with Crippen molar-refractivity contribution in [2.45, 2.75) is 19.1 Å². The van der Waals surface area contributed by atoms with Crippen molar-refractivity contribution in [2.75, 3.05) is 11.5 Å². The average molecular weight is 428 g/mol. The maximum absolute atomic E-state index is 13.0.